The maximum atomic E-state index is 10.0. The van der Waals surface area contributed by atoms with Crippen molar-refractivity contribution in [3.63, 3.8) is 0 Å². The molecule has 0 aromatic heterocycles. The fourth-order valence-corrected chi connectivity index (χ4v) is 2.28. The quantitative estimate of drug-likeness (QED) is 0.833. The summed E-state index contributed by atoms with van der Waals surface area (Å²) in [5.74, 6) is 0.646. The lowest BCUT2D eigenvalue weighted by molar-refractivity contribution is -0.0368. The minimum atomic E-state index is -0.693. The molecule has 16 heavy (non-hydrogen) atoms. The summed E-state index contributed by atoms with van der Waals surface area (Å²) in [6, 6.07) is 3.77. The molecule has 1 aromatic carbocycles. The van der Waals surface area contributed by atoms with Crippen molar-refractivity contribution in [2.24, 2.45) is 0 Å². The molecule has 0 bridgehead atoms. The van der Waals surface area contributed by atoms with Crippen LogP contribution in [0.5, 0.6) is 5.75 Å². The normalized spacial score (nSPS) is 28.4. The van der Waals surface area contributed by atoms with Crippen LogP contribution < -0.4 is 4.74 Å². The molecule has 0 saturated carbocycles. The van der Waals surface area contributed by atoms with Gasteiger partial charge in [0.2, 0.25) is 0 Å². The van der Waals surface area contributed by atoms with Gasteiger partial charge in [0.25, 0.3) is 0 Å². The van der Waals surface area contributed by atoms with E-state index in [1.807, 2.05) is 19.1 Å². The van der Waals surface area contributed by atoms with Crippen LogP contribution in [0.2, 0.25) is 0 Å². The third kappa shape index (κ3) is 1.97. The maximum absolute atomic E-state index is 10.0. The summed E-state index contributed by atoms with van der Waals surface area (Å²) in [6.07, 6.45) is -0.162. The summed E-state index contributed by atoms with van der Waals surface area (Å²) in [7, 11) is 0. The number of hydrogen-bond acceptors (Lipinski definition) is 3. The Morgan fingerprint density at radius 2 is 2.25 bits per heavy atom. The Morgan fingerprint density at radius 1 is 1.56 bits per heavy atom. The molecule has 0 fully saturated rings. The summed E-state index contributed by atoms with van der Waals surface area (Å²) >= 11 is 3.43. The van der Waals surface area contributed by atoms with Crippen LogP contribution in [0, 0.1) is 6.92 Å². The van der Waals surface area contributed by atoms with Crippen molar-refractivity contribution in [2.45, 2.75) is 32.0 Å². The van der Waals surface area contributed by atoms with Gasteiger partial charge in [0.05, 0.1) is 12.7 Å². The van der Waals surface area contributed by atoms with Gasteiger partial charge in [0.1, 0.15) is 11.4 Å². The number of halogens is 1. The van der Waals surface area contributed by atoms with Crippen molar-refractivity contribution in [3.8, 4) is 5.75 Å². The van der Waals surface area contributed by atoms with E-state index in [0.717, 1.165) is 15.6 Å². The molecule has 0 amide bonds. The van der Waals surface area contributed by atoms with Crippen LogP contribution in [0.3, 0.4) is 0 Å². The van der Waals surface area contributed by atoms with Crippen molar-refractivity contribution in [1.29, 1.82) is 0 Å². The Morgan fingerprint density at radius 3 is 2.88 bits per heavy atom. The first-order chi connectivity index (χ1) is 7.45. The number of aliphatic hydroxyl groups excluding tert-OH is 2. The van der Waals surface area contributed by atoms with Gasteiger partial charge in [0, 0.05) is 16.5 Å². The van der Waals surface area contributed by atoms with E-state index in [-0.39, 0.29) is 6.61 Å². The molecular weight excluding hydrogens is 272 g/mol. The van der Waals surface area contributed by atoms with Crippen LogP contribution in [0.15, 0.2) is 16.6 Å². The van der Waals surface area contributed by atoms with Crippen LogP contribution in [0.4, 0.5) is 0 Å². The smallest absolute Gasteiger partial charge is 0.132 e. The molecule has 1 aliphatic heterocycles. The molecule has 1 aliphatic rings. The van der Waals surface area contributed by atoms with Crippen LogP contribution in [0.1, 0.15) is 30.6 Å². The molecule has 0 radical (unpaired) electrons. The number of hydrogen-bond donors (Lipinski definition) is 2. The Labute approximate surface area is 103 Å². The van der Waals surface area contributed by atoms with Gasteiger partial charge in [-0.15, -0.1) is 0 Å². The van der Waals surface area contributed by atoms with Crippen LogP contribution in [-0.4, -0.2) is 22.4 Å². The molecular formula is C12H15BrO3. The molecule has 0 saturated heterocycles. The maximum Gasteiger partial charge on any atom is 0.132 e. The highest BCUT2D eigenvalue weighted by Gasteiger charge is 2.36. The van der Waals surface area contributed by atoms with E-state index >= 15 is 0 Å². The summed E-state index contributed by atoms with van der Waals surface area (Å²) in [5.41, 5.74) is 1.17. The molecule has 2 N–H and O–H groups in total. The first kappa shape index (κ1) is 11.9. The predicted octanol–water partition coefficient (Wildman–Crippen LogP) is 2.32. The number of aliphatic hydroxyl groups is 2. The highest BCUT2D eigenvalue weighted by Crippen LogP contribution is 2.41. The number of benzene rings is 1. The van der Waals surface area contributed by atoms with Crippen molar-refractivity contribution in [2.75, 3.05) is 6.61 Å². The third-order valence-electron chi connectivity index (χ3n) is 2.97. The highest BCUT2D eigenvalue weighted by molar-refractivity contribution is 9.10. The Hall–Kier alpha value is -0.580. The van der Waals surface area contributed by atoms with Gasteiger partial charge in [0.15, 0.2) is 0 Å². The van der Waals surface area contributed by atoms with E-state index < -0.39 is 11.7 Å². The molecule has 0 aliphatic carbocycles. The molecule has 2 unspecified atom stereocenters. The van der Waals surface area contributed by atoms with Crippen molar-refractivity contribution in [3.05, 3.63) is 27.7 Å². The van der Waals surface area contributed by atoms with Crippen molar-refractivity contribution >= 4 is 15.9 Å². The van der Waals surface area contributed by atoms with Gasteiger partial charge in [-0.1, -0.05) is 15.9 Å². The summed E-state index contributed by atoms with van der Waals surface area (Å²) in [4.78, 5) is 0. The Balaban J connectivity index is 2.47. The summed E-state index contributed by atoms with van der Waals surface area (Å²) < 4.78 is 6.68. The van der Waals surface area contributed by atoms with E-state index in [1.165, 1.54) is 0 Å². The van der Waals surface area contributed by atoms with E-state index in [0.29, 0.717) is 12.2 Å². The largest absolute Gasteiger partial charge is 0.485 e. The van der Waals surface area contributed by atoms with Crippen LogP contribution in [0.25, 0.3) is 0 Å². The lowest BCUT2D eigenvalue weighted by Gasteiger charge is -2.37. The molecule has 2 rings (SSSR count). The second kappa shape index (κ2) is 4.02. The third-order valence-corrected chi connectivity index (χ3v) is 3.82. The second-order valence-corrected chi connectivity index (χ2v) is 5.42. The van der Waals surface area contributed by atoms with Gasteiger partial charge < -0.3 is 14.9 Å². The fraction of sp³-hybridized carbons (Fsp3) is 0.500. The van der Waals surface area contributed by atoms with Gasteiger partial charge in [-0.3, -0.25) is 0 Å². The zero-order valence-corrected chi connectivity index (χ0v) is 10.9. The zero-order chi connectivity index (χ0) is 11.9. The topological polar surface area (TPSA) is 49.7 Å². The number of aryl methyl sites for hydroxylation is 1. The van der Waals surface area contributed by atoms with Gasteiger partial charge in [-0.05, 0) is 31.5 Å². The highest BCUT2D eigenvalue weighted by atomic mass is 79.9. The summed E-state index contributed by atoms with van der Waals surface area (Å²) in [5, 5.41) is 19.3. The Kier molecular flexibility index (Phi) is 2.99. The minimum Gasteiger partial charge on any atom is -0.485 e. The average Bonchev–Trinajstić information content (AvgIpc) is 2.21. The number of ether oxygens (including phenoxy) is 1. The lowest BCUT2D eigenvalue weighted by atomic mass is 9.90. The van der Waals surface area contributed by atoms with Gasteiger partial charge in [-0.2, -0.15) is 0 Å². The van der Waals surface area contributed by atoms with Crippen LogP contribution >= 0.6 is 15.9 Å². The minimum absolute atomic E-state index is 0.102. The van der Waals surface area contributed by atoms with E-state index in [4.69, 9.17) is 4.74 Å². The zero-order valence-electron chi connectivity index (χ0n) is 9.33. The molecule has 88 valence electrons. The first-order valence-electron chi connectivity index (χ1n) is 5.23. The second-order valence-electron chi connectivity index (χ2n) is 4.57. The standard InChI is InChI=1S/C12H15BrO3/c1-7-3-8-10(15)5-12(2,6-14)16-11(8)4-9(7)13/h3-4,10,14-15H,5-6H2,1-2H3. The van der Waals surface area contributed by atoms with Gasteiger partial charge >= 0.3 is 0 Å². The van der Waals surface area contributed by atoms with E-state index in [2.05, 4.69) is 15.9 Å². The number of fused-ring (bicyclic) bond motifs is 1. The number of rotatable bonds is 1. The molecule has 0 spiro atoms. The first-order valence-corrected chi connectivity index (χ1v) is 6.02. The molecule has 4 heteroatoms. The fourth-order valence-electron chi connectivity index (χ4n) is 1.96. The lowest BCUT2D eigenvalue weighted by Crippen LogP contribution is -2.41. The molecule has 1 heterocycles. The van der Waals surface area contributed by atoms with Crippen LogP contribution in [-0.2, 0) is 0 Å². The SMILES string of the molecule is Cc1cc2c(cc1Br)OC(C)(CO)CC2O. The summed E-state index contributed by atoms with van der Waals surface area (Å²) in [6.45, 7) is 3.67. The Bertz CT molecular complexity index is 419. The van der Waals surface area contributed by atoms with Crippen molar-refractivity contribution in [1.82, 2.24) is 0 Å². The van der Waals surface area contributed by atoms with Crippen molar-refractivity contribution < 1.29 is 14.9 Å². The average molecular weight is 287 g/mol. The predicted molar refractivity (Wildman–Crippen MR) is 64.6 cm³/mol. The molecule has 3 nitrogen and oxygen atoms in total. The molecule has 2 atom stereocenters. The van der Waals surface area contributed by atoms with E-state index in [9.17, 15) is 10.2 Å². The molecule has 1 aromatic rings. The monoisotopic (exact) mass is 286 g/mol. The van der Waals surface area contributed by atoms with Gasteiger partial charge in [-0.25, -0.2) is 0 Å². The van der Waals surface area contributed by atoms with E-state index in [1.54, 1.807) is 6.92 Å².